The van der Waals surface area contributed by atoms with Gasteiger partial charge < -0.3 is 15.8 Å². The number of anilines is 1. The average molecular weight is 222 g/mol. The fourth-order valence-electron chi connectivity index (χ4n) is 1.27. The van der Waals surface area contributed by atoms with E-state index in [1.54, 1.807) is 0 Å². The second kappa shape index (κ2) is 6.98. The molecule has 0 fully saturated rings. The largest absolute Gasteiger partial charge is 0.370 e. The number of nitrogens with two attached hydrogens (primary N) is 1. The number of hydrogen-bond donors (Lipinski definition) is 2. The van der Waals surface area contributed by atoms with Crippen molar-refractivity contribution in [3.63, 3.8) is 0 Å². The molecule has 3 N–H and O–H groups in total. The van der Waals surface area contributed by atoms with Gasteiger partial charge in [0.15, 0.2) is 0 Å². The van der Waals surface area contributed by atoms with Crippen LogP contribution < -0.4 is 11.1 Å². The highest BCUT2D eigenvalue weighted by Crippen LogP contribution is 2.09. The minimum atomic E-state index is -0.155. The molecule has 88 valence electrons. The summed E-state index contributed by atoms with van der Waals surface area (Å²) in [5.41, 5.74) is 7.28. The van der Waals surface area contributed by atoms with Crippen molar-refractivity contribution in [2.24, 2.45) is 5.73 Å². The summed E-state index contributed by atoms with van der Waals surface area (Å²) >= 11 is 0. The first-order chi connectivity index (χ1) is 7.76. The fourth-order valence-corrected chi connectivity index (χ4v) is 1.27. The van der Waals surface area contributed by atoms with Gasteiger partial charge in [-0.1, -0.05) is 19.1 Å². The molecular formula is C12H18N2O2. The van der Waals surface area contributed by atoms with E-state index in [9.17, 15) is 4.79 Å². The Morgan fingerprint density at radius 3 is 2.62 bits per heavy atom. The van der Waals surface area contributed by atoms with Crippen LogP contribution in [0.15, 0.2) is 24.3 Å². The van der Waals surface area contributed by atoms with Gasteiger partial charge in [0.25, 0.3) is 0 Å². The highest BCUT2D eigenvalue weighted by Gasteiger charge is 2.01. The molecule has 0 aliphatic rings. The molecule has 0 aliphatic heterocycles. The van der Waals surface area contributed by atoms with Crippen LogP contribution in [0, 0.1) is 0 Å². The second-order valence-corrected chi connectivity index (χ2v) is 3.44. The van der Waals surface area contributed by atoms with E-state index in [4.69, 9.17) is 10.5 Å². The minimum Gasteiger partial charge on any atom is -0.370 e. The van der Waals surface area contributed by atoms with E-state index >= 15 is 0 Å². The highest BCUT2D eigenvalue weighted by atomic mass is 16.5. The first-order valence-corrected chi connectivity index (χ1v) is 5.43. The normalized spacial score (nSPS) is 10.1. The van der Waals surface area contributed by atoms with Gasteiger partial charge in [0.2, 0.25) is 5.91 Å². The van der Waals surface area contributed by atoms with Gasteiger partial charge in [0.05, 0.1) is 6.61 Å². The van der Waals surface area contributed by atoms with Crippen LogP contribution in [0.3, 0.4) is 0 Å². The predicted molar refractivity (Wildman–Crippen MR) is 64.3 cm³/mol. The van der Waals surface area contributed by atoms with Crippen molar-refractivity contribution in [3.05, 3.63) is 29.8 Å². The van der Waals surface area contributed by atoms with Gasteiger partial charge in [-0.3, -0.25) is 4.79 Å². The van der Waals surface area contributed by atoms with Gasteiger partial charge >= 0.3 is 0 Å². The third-order valence-corrected chi connectivity index (χ3v) is 2.14. The van der Waals surface area contributed by atoms with Crippen molar-refractivity contribution in [3.8, 4) is 0 Å². The molecule has 0 spiro atoms. The lowest BCUT2D eigenvalue weighted by Crippen LogP contribution is -2.20. The number of hydrogen-bond acceptors (Lipinski definition) is 3. The Kier molecular flexibility index (Phi) is 5.53. The summed E-state index contributed by atoms with van der Waals surface area (Å²) in [6, 6.07) is 7.77. The maximum atomic E-state index is 11.4. The van der Waals surface area contributed by atoms with E-state index in [1.807, 2.05) is 24.3 Å². The van der Waals surface area contributed by atoms with Gasteiger partial charge in [0.1, 0.15) is 6.61 Å². The monoisotopic (exact) mass is 222 g/mol. The van der Waals surface area contributed by atoms with Crippen LogP contribution in [-0.2, 0) is 16.0 Å². The molecule has 0 aliphatic carbocycles. The fraction of sp³-hybridized carbons (Fsp3) is 0.417. The Morgan fingerprint density at radius 2 is 2.06 bits per heavy atom. The maximum Gasteiger partial charge on any atom is 0.250 e. The van der Waals surface area contributed by atoms with Crippen molar-refractivity contribution in [1.29, 1.82) is 0 Å². The summed E-state index contributed by atoms with van der Waals surface area (Å²) in [4.78, 5) is 11.4. The quantitative estimate of drug-likeness (QED) is 0.710. The third-order valence-electron chi connectivity index (χ3n) is 2.14. The third kappa shape index (κ3) is 4.42. The highest BCUT2D eigenvalue weighted by molar-refractivity contribution is 5.91. The number of carbonyl (C=O) groups is 1. The smallest absolute Gasteiger partial charge is 0.250 e. The molecule has 16 heavy (non-hydrogen) atoms. The predicted octanol–water partition coefficient (Wildman–Crippen LogP) is 1.16. The van der Waals surface area contributed by atoms with E-state index in [0.29, 0.717) is 13.2 Å². The van der Waals surface area contributed by atoms with Crippen LogP contribution in [0.5, 0.6) is 0 Å². The summed E-state index contributed by atoms with van der Waals surface area (Å²) in [6.45, 7) is 2.97. The Labute approximate surface area is 95.8 Å². The van der Waals surface area contributed by atoms with E-state index in [0.717, 1.165) is 12.1 Å². The molecule has 4 nitrogen and oxygen atoms in total. The number of benzene rings is 1. The molecular weight excluding hydrogens is 204 g/mol. The van der Waals surface area contributed by atoms with Gasteiger partial charge in [-0.25, -0.2) is 0 Å². The lowest BCUT2D eigenvalue weighted by Gasteiger charge is -2.06. The number of aryl methyl sites for hydroxylation is 1. The van der Waals surface area contributed by atoms with Crippen LogP contribution >= 0.6 is 0 Å². The van der Waals surface area contributed by atoms with Crippen molar-refractivity contribution in [2.75, 3.05) is 25.1 Å². The minimum absolute atomic E-state index is 0.0483. The summed E-state index contributed by atoms with van der Waals surface area (Å²) in [6.07, 6.45) is 0.994. The van der Waals surface area contributed by atoms with Crippen LogP contribution in [0.4, 0.5) is 5.69 Å². The van der Waals surface area contributed by atoms with Gasteiger partial charge in [-0.15, -0.1) is 0 Å². The molecule has 1 rings (SSSR count). The van der Waals surface area contributed by atoms with Crippen molar-refractivity contribution >= 4 is 11.6 Å². The molecule has 0 heterocycles. The number of amides is 1. The molecule has 0 saturated heterocycles. The molecule has 0 bridgehead atoms. The number of rotatable bonds is 6. The van der Waals surface area contributed by atoms with Gasteiger partial charge in [-0.2, -0.15) is 0 Å². The molecule has 0 radical (unpaired) electrons. The molecule has 0 aromatic heterocycles. The lowest BCUT2D eigenvalue weighted by atomic mass is 10.1. The SMILES string of the molecule is CCc1ccc(NC(=O)COCCN)cc1. The Bertz CT molecular complexity index is 322. The zero-order valence-corrected chi connectivity index (χ0v) is 9.53. The molecule has 0 unspecified atom stereocenters. The summed E-state index contributed by atoms with van der Waals surface area (Å²) in [7, 11) is 0. The Balaban J connectivity index is 2.37. The number of nitrogens with one attached hydrogen (secondary N) is 1. The Morgan fingerprint density at radius 1 is 1.38 bits per heavy atom. The molecule has 0 atom stereocenters. The van der Waals surface area contributed by atoms with Crippen molar-refractivity contribution < 1.29 is 9.53 Å². The number of carbonyl (C=O) groups excluding carboxylic acids is 1. The number of ether oxygens (including phenoxy) is 1. The van der Waals surface area contributed by atoms with Crippen molar-refractivity contribution in [2.45, 2.75) is 13.3 Å². The van der Waals surface area contributed by atoms with E-state index in [-0.39, 0.29) is 12.5 Å². The zero-order chi connectivity index (χ0) is 11.8. The standard InChI is InChI=1S/C12H18N2O2/c1-2-10-3-5-11(6-4-10)14-12(15)9-16-8-7-13/h3-6H,2,7-9,13H2,1H3,(H,14,15). The average Bonchev–Trinajstić information content (AvgIpc) is 2.30. The van der Waals surface area contributed by atoms with Gasteiger partial charge in [0, 0.05) is 12.2 Å². The molecule has 4 heteroatoms. The molecule has 1 amide bonds. The first kappa shape index (κ1) is 12.7. The lowest BCUT2D eigenvalue weighted by molar-refractivity contribution is -0.120. The summed E-state index contributed by atoms with van der Waals surface area (Å²) in [5.74, 6) is -0.155. The summed E-state index contributed by atoms with van der Waals surface area (Å²) in [5, 5.41) is 2.75. The summed E-state index contributed by atoms with van der Waals surface area (Å²) < 4.78 is 5.02. The van der Waals surface area contributed by atoms with Crippen LogP contribution in [0.2, 0.25) is 0 Å². The van der Waals surface area contributed by atoms with E-state index in [1.165, 1.54) is 5.56 Å². The van der Waals surface area contributed by atoms with E-state index < -0.39 is 0 Å². The van der Waals surface area contributed by atoms with E-state index in [2.05, 4.69) is 12.2 Å². The first-order valence-electron chi connectivity index (χ1n) is 5.43. The van der Waals surface area contributed by atoms with Gasteiger partial charge in [-0.05, 0) is 24.1 Å². The topological polar surface area (TPSA) is 64.3 Å². The maximum absolute atomic E-state index is 11.4. The van der Waals surface area contributed by atoms with Crippen LogP contribution in [0.25, 0.3) is 0 Å². The second-order valence-electron chi connectivity index (χ2n) is 3.44. The van der Waals surface area contributed by atoms with Crippen molar-refractivity contribution in [1.82, 2.24) is 0 Å². The zero-order valence-electron chi connectivity index (χ0n) is 9.53. The molecule has 1 aromatic carbocycles. The molecule has 0 saturated carbocycles. The Hall–Kier alpha value is -1.39. The van der Waals surface area contributed by atoms with Crippen LogP contribution in [0.1, 0.15) is 12.5 Å². The molecule has 1 aromatic rings. The van der Waals surface area contributed by atoms with Crippen LogP contribution in [-0.4, -0.2) is 25.7 Å².